The van der Waals surface area contributed by atoms with Crippen LogP contribution in [0.1, 0.15) is 5.01 Å². The van der Waals surface area contributed by atoms with E-state index in [2.05, 4.69) is 10.3 Å². The van der Waals surface area contributed by atoms with E-state index in [4.69, 9.17) is 0 Å². The van der Waals surface area contributed by atoms with Crippen molar-refractivity contribution in [3.63, 3.8) is 0 Å². The highest BCUT2D eigenvalue weighted by Crippen LogP contribution is 2.26. The highest BCUT2D eigenvalue weighted by atomic mass is 32.1. The van der Waals surface area contributed by atoms with Gasteiger partial charge in [0.05, 0.1) is 10.2 Å². The Morgan fingerprint density at radius 3 is 2.52 bits per heavy atom. The predicted octanol–water partition coefficient (Wildman–Crippen LogP) is 4.29. The number of nitrogens with zero attached hydrogens (tertiary/aromatic N) is 2. The lowest BCUT2D eigenvalue weighted by Gasteiger charge is -2.15. The number of rotatable bonds is 4. The molecule has 1 aromatic heterocycles. The number of aromatic nitrogens is 1. The lowest BCUT2D eigenvalue weighted by Crippen LogP contribution is -2.14. The average molecular weight is 359 g/mol. The smallest absolute Gasteiger partial charge is 0.248 e. The molecule has 2 aromatic carbocycles. The van der Waals surface area contributed by atoms with Crippen molar-refractivity contribution in [2.45, 2.75) is 0 Å². The van der Waals surface area contributed by atoms with Gasteiger partial charge in [-0.1, -0.05) is 12.1 Å². The number of thiazole rings is 1. The van der Waals surface area contributed by atoms with E-state index in [1.807, 2.05) is 24.3 Å². The number of carbonyl (C=O) groups is 1. The van der Waals surface area contributed by atoms with Crippen molar-refractivity contribution < 1.29 is 13.6 Å². The van der Waals surface area contributed by atoms with E-state index in [0.717, 1.165) is 22.3 Å². The highest BCUT2D eigenvalue weighted by Gasteiger charge is 2.13. The van der Waals surface area contributed by atoms with Crippen molar-refractivity contribution in [2.75, 3.05) is 24.3 Å². The number of benzene rings is 2. The van der Waals surface area contributed by atoms with Crippen LogP contribution >= 0.6 is 11.3 Å². The molecule has 0 aliphatic rings. The number of fused-ring (bicyclic) bond motifs is 1. The van der Waals surface area contributed by atoms with E-state index in [-0.39, 0.29) is 11.4 Å². The van der Waals surface area contributed by atoms with Crippen molar-refractivity contribution in [1.82, 2.24) is 4.98 Å². The molecular formula is C18H15F2N3OS. The molecule has 0 spiro atoms. The first-order valence-corrected chi connectivity index (χ1v) is 8.26. The quantitative estimate of drug-likeness (QED) is 0.707. The maximum absolute atomic E-state index is 13.9. The Hall–Kier alpha value is -2.80. The minimum Gasteiger partial charge on any atom is -0.373 e. The SMILES string of the molecule is CN(C)c1c(F)cc(NC(=O)/C=C/c2nc3ccccc3s2)cc1F. The zero-order valence-electron chi connectivity index (χ0n) is 13.6. The van der Waals surface area contributed by atoms with E-state index in [0.29, 0.717) is 5.01 Å². The molecule has 0 bridgehead atoms. The Labute approximate surface area is 147 Å². The first-order valence-electron chi connectivity index (χ1n) is 7.45. The number of hydrogen-bond acceptors (Lipinski definition) is 4. The molecule has 0 saturated heterocycles. The van der Waals surface area contributed by atoms with Gasteiger partial charge in [-0.05, 0) is 30.3 Å². The van der Waals surface area contributed by atoms with Gasteiger partial charge in [-0.15, -0.1) is 11.3 Å². The molecule has 25 heavy (non-hydrogen) atoms. The summed E-state index contributed by atoms with van der Waals surface area (Å²) in [6, 6.07) is 9.82. The number of anilines is 2. The topological polar surface area (TPSA) is 45.2 Å². The molecule has 0 unspecified atom stereocenters. The lowest BCUT2D eigenvalue weighted by atomic mass is 10.2. The fraction of sp³-hybridized carbons (Fsp3) is 0.111. The molecule has 1 N–H and O–H groups in total. The van der Waals surface area contributed by atoms with Crippen LogP contribution in [-0.4, -0.2) is 25.0 Å². The summed E-state index contributed by atoms with van der Waals surface area (Å²) in [6.45, 7) is 0. The molecule has 0 radical (unpaired) electrons. The molecule has 128 valence electrons. The average Bonchev–Trinajstić information content (AvgIpc) is 2.94. The molecule has 7 heteroatoms. The second-order valence-corrected chi connectivity index (χ2v) is 6.59. The van der Waals surface area contributed by atoms with Gasteiger partial charge in [-0.3, -0.25) is 4.79 Å². The van der Waals surface area contributed by atoms with E-state index in [1.54, 1.807) is 20.2 Å². The number of amides is 1. The summed E-state index contributed by atoms with van der Waals surface area (Å²) >= 11 is 1.45. The van der Waals surface area contributed by atoms with Crippen LogP contribution in [0, 0.1) is 11.6 Å². The number of nitrogens with one attached hydrogen (secondary N) is 1. The standard InChI is InChI=1S/C18H15F2N3OS/c1-23(2)18-12(19)9-11(10-13(18)20)21-16(24)7-8-17-22-14-5-3-4-6-15(14)25-17/h3-10H,1-2H3,(H,21,24)/b8-7+. The zero-order chi connectivity index (χ0) is 18.0. The van der Waals surface area contributed by atoms with Crippen LogP contribution in [0.15, 0.2) is 42.5 Å². The van der Waals surface area contributed by atoms with Crippen molar-refractivity contribution in [1.29, 1.82) is 0 Å². The number of halogens is 2. The van der Waals surface area contributed by atoms with Gasteiger partial charge in [0.1, 0.15) is 10.7 Å². The second kappa shape index (κ2) is 6.98. The highest BCUT2D eigenvalue weighted by molar-refractivity contribution is 7.19. The van der Waals surface area contributed by atoms with Crippen LogP contribution in [0.2, 0.25) is 0 Å². The lowest BCUT2D eigenvalue weighted by molar-refractivity contribution is -0.111. The first-order chi connectivity index (χ1) is 11.9. The summed E-state index contributed by atoms with van der Waals surface area (Å²) in [5.74, 6) is -1.97. The van der Waals surface area contributed by atoms with Gasteiger partial charge >= 0.3 is 0 Å². The van der Waals surface area contributed by atoms with Crippen LogP contribution in [0.5, 0.6) is 0 Å². The van der Waals surface area contributed by atoms with Gasteiger partial charge in [0.25, 0.3) is 0 Å². The molecule has 3 rings (SSSR count). The van der Waals surface area contributed by atoms with Gasteiger partial charge in [-0.2, -0.15) is 0 Å². The van der Waals surface area contributed by atoms with E-state index < -0.39 is 17.5 Å². The largest absolute Gasteiger partial charge is 0.373 e. The van der Waals surface area contributed by atoms with E-state index in [9.17, 15) is 13.6 Å². The van der Waals surface area contributed by atoms with E-state index >= 15 is 0 Å². The third kappa shape index (κ3) is 3.83. The maximum Gasteiger partial charge on any atom is 0.248 e. The molecule has 4 nitrogen and oxygen atoms in total. The van der Waals surface area contributed by atoms with Crippen LogP contribution in [0.25, 0.3) is 16.3 Å². The second-order valence-electron chi connectivity index (χ2n) is 5.53. The van der Waals surface area contributed by atoms with Crippen molar-refractivity contribution in [3.05, 3.63) is 59.1 Å². The summed E-state index contributed by atoms with van der Waals surface area (Å²) in [5.41, 5.74) is 0.763. The maximum atomic E-state index is 13.9. The normalized spacial score (nSPS) is 11.2. The van der Waals surface area contributed by atoms with Crippen molar-refractivity contribution in [3.8, 4) is 0 Å². The van der Waals surface area contributed by atoms with Gasteiger partial charge in [0, 0.05) is 25.9 Å². The molecule has 1 amide bonds. The number of hydrogen-bond donors (Lipinski definition) is 1. The molecule has 0 aliphatic heterocycles. The molecule has 0 saturated carbocycles. The Morgan fingerprint density at radius 2 is 1.88 bits per heavy atom. The van der Waals surface area contributed by atoms with Crippen LogP contribution in [0.4, 0.5) is 20.2 Å². The van der Waals surface area contributed by atoms with Gasteiger partial charge in [0.15, 0.2) is 11.6 Å². The first kappa shape index (κ1) is 17.0. The summed E-state index contributed by atoms with van der Waals surface area (Å²) in [4.78, 5) is 17.7. The van der Waals surface area contributed by atoms with Gasteiger partial charge in [-0.25, -0.2) is 13.8 Å². The summed E-state index contributed by atoms with van der Waals surface area (Å²) in [5, 5.41) is 3.12. The third-order valence-electron chi connectivity index (χ3n) is 3.42. The van der Waals surface area contributed by atoms with Crippen molar-refractivity contribution >= 4 is 44.9 Å². The minimum absolute atomic E-state index is 0.0551. The predicted molar refractivity (Wildman–Crippen MR) is 98.0 cm³/mol. The fourth-order valence-corrected chi connectivity index (χ4v) is 3.23. The van der Waals surface area contributed by atoms with Gasteiger partial charge in [0.2, 0.25) is 5.91 Å². The Balaban J connectivity index is 1.74. The number of carbonyl (C=O) groups excluding carboxylic acids is 1. The van der Waals surface area contributed by atoms with Crippen LogP contribution in [0.3, 0.4) is 0 Å². The summed E-state index contributed by atoms with van der Waals surface area (Å²) in [7, 11) is 3.08. The Kier molecular flexibility index (Phi) is 4.76. The zero-order valence-corrected chi connectivity index (χ0v) is 14.4. The van der Waals surface area contributed by atoms with Gasteiger partial charge < -0.3 is 10.2 Å². The molecular weight excluding hydrogens is 344 g/mol. The molecule has 0 aliphatic carbocycles. The molecule has 0 atom stereocenters. The van der Waals surface area contributed by atoms with Crippen LogP contribution in [-0.2, 0) is 4.79 Å². The summed E-state index contributed by atoms with van der Waals surface area (Å²) < 4.78 is 28.9. The molecule has 1 heterocycles. The monoisotopic (exact) mass is 359 g/mol. The minimum atomic E-state index is -0.740. The van der Waals surface area contributed by atoms with Crippen molar-refractivity contribution in [2.24, 2.45) is 0 Å². The molecule has 0 fully saturated rings. The Bertz CT molecular complexity index is 910. The Morgan fingerprint density at radius 1 is 1.20 bits per heavy atom. The molecule has 3 aromatic rings. The van der Waals surface area contributed by atoms with Crippen LogP contribution < -0.4 is 10.2 Å². The third-order valence-corrected chi connectivity index (χ3v) is 4.42. The van der Waals surface area contributed by atoms with E-state index in [1.165, 1.54) is 22.3 Å². The number of para-hydroxylation sites is 1. The summed E-state index contributed by atoms with van der Waals surface area (Å²) in [6.07, 6.45) is 2.86. The fourth-order valence-electron chi connectivity index (χ4n) is 2.36.